The van der Waals surface area contributed by atoms with Crippen molar-refractivity contribution in [1.82, 2.24) is 9.97 Å². The molecule has 0 aliphatic carbocycles. The van der Waals surface area contributed by atoms with Gasteiger partial charge in [0.05, 0.1) is 6.61 Å². The van der Waals surface area contributed by atoms with Crippen LogP contribution in [0.2, 0.25) is 0 Å². The van der Waals surface area contributed by atoms with Crippen LogP contribution < -0.4 is 11.2 Å². The first kappa shape index (κ1) is 16.7. The number of rotatable bonds is 11. The second-order valence-corrected chi connectivity index (χ2v) is 5.34. The van der Waals surface area contributed by atoms with Gasteiger partial charge in [-0.1, -0.05) is 52.4 Å². The van der Waals surface area contributed by atoms with Crippen molar-refractivity contribution >= 4 is 5.82 Å². The van der Waals surface area contributed by atoms with E-state index in [-0.39, 0.29) is 5.69 Å². The molecule has 0 radical (unpaired) electrons. The lowest BCUT2D eigenvalue weighted by Crippen LogP contribution is -2.13. The lowest BCUT2D eigenvalue weighted by atomic mass is 9.97. The molecular weight excluding hydrogens is 254 g/mol. The standard InChI is InChI=1S/C15H27N3O2/c1-3-4-5-8-13(2)9-6-7-12-20-18-14-10-11-16-15(19)17-14/h10-11,13H,3-9,12H2,1-2H3,(H2,16,17,18,19). The summed E-state index contributed by atoms with van der Waals surface area (Å²) < 4.78 is 0. The van der Waals surface area contributed by atoms with Crippen LogP contribution >= 0.6 is 0 Å². The van der Waals surface area contributed by atoms with E-state index in [1.807, 2.05) is 0 Å². The summed E-state index contributed by atoms with van der Waals surface area (Å²) in [7, 11) is 0. The number of aromatic amines is 1. The molecule has 0 spiro atoms. The van der Waals surface area contributed by atoms with Crippen molar-refractivity contribution in [2.24, 2.45) is 5.92 Å². The average molecular weight is 281 g/mol. The van der Waals surface area contributed by atoms with Crippen molar-refractivity contribution in [3.8, 4) is 0 Å². The smallest absolute Gasteiger partial charge is 0.291 e. The van der Waals surface area contributed by atoms with Gasteiger partial charge in [0.25, 0.3) is 0 Å². The normalized spacial score (nSPS) is 12.3. The van der Waals surface area contributed by atoms with Gasteiger partial charge in [-0.3, -0.25) is 15.3 Å². The van der Waals surface area contributed by atoms with Crippen LogP contribution in [-0.2, 0) is 4.84 Å². The minimum absolute atomic E-state index is 0.375. The first-order valence-electron chi connectivity index (χ1n) is 7.65. The van der Waals surface area contributed by atoms with Crippen molar-refractivity contribution in [2.75, 3.05) is 12.1 Å². The van der Waals surface area contributed by atoms with Gasteiger partial charge in [0.1, 0.15) is 5.82 Å². The van der Waals surface area contributed by atoms with Crippen LogP contribution in [0.25, 0.3) is 0 Å². The maximum Gasteiger partial charge on any atom is 0.346 e. The fourth-order valence-electron chi connectivity index (χ4n) is 2.11. The van der Waals surface area contributed by atoms with Gasteiger partial charge in [0.15, 0.2) is 0 Å². The molecule has 0 saturated carbocycles. The Hall–Kier alpha value is -1.36. The zero-order valence-electron chi connectivity index (χ0n) is 12.7. The molecule has 0 amide bonds. The van der Waals surface area contributed by atoms with Gasteiger partial charge in [0.2, 0.25) is 0 Å². The number of nitrogens with zero attached hydrogens (tertiary/aromatic N) is 1. The Kier molecular flexibility index (Phi) is 8.71. The molecule has 0 bridgehead atoms. The van der Waals surface area contributed by atoms with E-state index in [0.29, 0.717) is 12.4 Å². The predicted octanol–water partition coefficient (Wildman–Crippen LogP) is 3.50. The highest BCUT2D eigenvalue weighted by atomic mass is 16.6. The third-order valence-electron chi connectivity index (χ3n) is 3.35. The van der Waals surface area contributed by atoms with Gasteiger partial charge in [-0.05, 0) is 18.4 Å². The molecule has 5 nitrogen and oxygen atoms in total. The molecule has 0 aromatic carbocycles. The molecule has 0 aliphatic heterocycles. The minimum Gasteiger partial charge on any atom is -0.291 e. The molecule has 2 N–H and O–H groups in total. The molecule has 1 aromatic heterocycles. The van der Waals surface area contributed by atoms with E-state index >= 15 is 0 Å². The van der Waals surface area contributed by atoms with Crippen molar-refractivity contribution in [1.29, 1.82) is 0 Å². The summed E-state index contributed by atoms with van der Waals surface area (Å²) in [4.78, 5) is 22.3. The van der Waals surface area contributed by atoms with Crippen LogP contribution in [0.15, 0.2) is 17.1 Å². The second-order valence-electron chi connectivity index (χ2n) is 5.34. The maximum atomic E-state index is 10.9. The third-order valence-corrected chi connectivity index (χ3v) is 3.35. The van der Waals surface area contributed by atoms with Crippen LogP contribution in [0.4, 0.5) is 5.82 Å². The summed E-state index contributed by atoms with van der Waals surface area (Å²) in [5.74, 6) is 1.35. The van der Waals surface area contributed by atoms with E-state index in [0.717, 1.165) is 12.3 Å². The van der Waals surface area contributed by atoms with E-state index in [1.54, 1.807) is 6.07 Å². The van der Waals surface area contributed by atoms with Crippen LogP contribution in [0, 0.1) is 5.92 Å². The lowest BCUT2D eigenvalue weighted by molar-refractivity contribution is 0.184. The first-order valence-corrected chi connectivity index (χ1v) is 7.65. The number of aromatic nitrogens is 2. The van der Waals surface area contributed by atoms with E-state index in [9.17, 15) is 4.79 Å². The largest absolute Gasteiger partial charge is 0.346 e. The third kappa shape index (κ3) is 7.94. The molecule has 1 heterocycles. The number of anilines is 1. The zero-order chi connectivity index (χ0) is 14.6. The summed E-state index contributed by atoms with van der Waals surface area (Å²) in [6.45, 7) is 5.22. The zero-order valence-corrected chi connectivity index (χ0v) is 12.7. The Morgan fingerprint density at radius 3 is 2.75 bits per heavy atom. The quantitative estimate of drug-likeness (QED) is 0.481. The van der Waals surface area contributed by atoms with Crippen molar-refractivity contribution in [3.05, 3.63) is 22.7 Å². The Morgan fingerprint density at radius 2 is 2.05 bits per heavy atom. The number of H-pyrrole nitrogens is 1. The number of hydrogen-bond acceptors (Lipinski definition) is 4. The molecule has 0 fully saturated rings. The molecule has 20 heavy (non-hydrogen) atoms. The molecule has 1 unspecified atom stereocenters. The van der Waals surface area contributed by atoms with Crippen molar-refractivity contribution in [2.45, 2.75) is 58.8 Å². The summed E-state index contributed by atoms with van der Waals surface area (Å²) in [6.07, 6.45) is 10.3. The summed E-state index contributed by atoms with van der Waals surface area (Å²) in [5.41, 5.74) is 2.34. The monoisotopic (exact) mass is 281 g/mol. The van der Waals surface area contributed by atoms with E-state index in [2.05, 4.69) is 29.3 Å². The molecule has 0 aliphatic rings. The second kappa shape index (κ2) is 10.4. The number of nitrogens with one attached hydrogen (secondary N) is 2. The van der Waals surface area contributed by atoms with E-state index in [1.165, 1.54) is 44.7 Å². The topological polar surface area (TPSA) is 67.0 Å². The summed E-state index contributed by atoms with van der Waals surface area (Å²) in [5, 5.41) is 0. The van der Waals surface area contributed by atoms with Gasteiger partial charge >= 0.3 is 5.69 Å². The van der Waals surface area contributed by atoms with Gasteiger partial charge in [-0.15, -0.1) is 0 Å². The Balaban J connectivity index is 1.98. The van der Waals surface area contributed by atoms with Crippen molar-refractivity contribution < 1.29 is 4.84 Å². The number of unbranched alkanes of at least 4 members (excludes halogenated alkanes) is 3. The van der Waals surface area contributed by atoms with Crippen LogP contribution in [-0.4, -0.2) is 16.6 Å². The van der Waals surface area contributed by atoms with Gasteiger partial charge < -0.3 is 0 Å². The average Bonchev–Trinajstić information content (AvgIpc) is 2.43. The van der Waals surface area contributed by atoms with E-state index in [4.69, 9.17) is 4.84 Å². The van der Waals surface area contributed by atoms with Crippen LogP contribution in [0.5, 0.6) is 0 Å². The Labute approximate surface area is 121 Å². The van der Waals surface area contributed by atoms with Gasteiger partial charge in [-0.25, -0.2) is 9.78 Å². The molecule has 1 atom stereocenters. The van der Waals surface area contributed by atoms with Crippen LogP contribution in [0.3, 0.4) is 0 Å². The fraction of sp³-hybridized carbons (Fsp3) is 0.733. The van der Waals surface area contributed by atoms with Gasteiger partial charge in [0, 0.05) is 6.20 Å². The predicted molar refractivity (Wildman–Crippen MR) is 81.6 cm³/mol. The molecule has 1 rings (SSSR count). The molecule has 114 valence electrons. The van der Waals surface area contributed by atoms with Crippen molar-refractivity contribution in [3.63, 3.8) is 0 Å². The first-order chi connectivity index (χ1) is 9.72. The highest BCUT2D eigenvalue weighted by Gasteiger charge is 2.01. The maximum absolute atomic E-state index is 10.9. The highest BCUT2D eigenvalue weighted by molar-refractivity contribution is 5.27. The number of hydrogen-bond donors (Lipinski definition) is 2. The molecule has 5 heteroatoms. The lowest BCUT2D eigenvalue weighted by Gasteiger charge is -2.11. The Bertz CT molecular complexity index is 406. The highest BCUT2D eigenvalue weighted by Crippen LogP contribution is 2.15. The summed E-state index contributed by atoms with van der Waals surface area (Å²) >= 11 is 0. The molecule has 0 saturated heterocycles. The van der Waals surface area contributed by atoms with E-state index < -0.39 is 0 Å². The SMILES string of the molecule is CCCCCC(C)CCCCONc1ccnc(=O)[nH]1. The van der Waals surface area contributed by atoms with Gasteiger partial charge in [-0.2, -0.15) is 0 Å². The fourth-order valence-corrected chi connectivity index (χ4v) is 2.11. The minimum atomic E-state index is -0.375. The molecular formula is C15H27N3O2. The van der Waals surface area contributed by atoms with Crippen LogP contribution in [0.1, 0.15) is 58.8 Å². The molecule has 1 aromatic rings. The summed E-state index contributed by atoms with van der Waals surface area (Å²) in [6, 6.07) is 1.66. The Morgan fingerprint density at radius 1 is 1.30 bits per heavy atom.